The minimum absolute atomic E-state index is 0.129. The average molecular weight is 386 g/mol. The molecule has 1 aliphatic heterocycles. The molecule has 0 unspecified atom stereocenters. The van der Waals surface area contributed by atoms with Crippen LogP contribution in [0.3, 0.4) is 0 Å². The highest BCUT2D eigenvalue weighted by molar-refractivity contribution is 5.94. The van der Waals surface area contributed by atoms with Gasteiger partial charge in [0.2, 0.25) is 0 Å². The van der Waals surface area contributed by atoms with E-state index in [1.807, 2.05) is 12.1 Å². The van der Waals surface area contributed by atoms with E-state index in [0.29, 0.717) is 37.5 Å². The summed E-state index contributed by atoms with van der Waals surface area (Å²) in [5.41, 5.74) is -0.0938. The monoisotopic (exact) mass is 386 g/mol. The van der Waals surface area contributed by atoms with Gasteiger partial charge >= 0.3 is 5.97 Å². The first-order chi connectivity index (χ1) is 13.3. The molecule has 1 saturated heterocycles. The largest absolute Gasteiger partial charge is 0.478 e. The number of carboxylic acid groups (broad SMARTS) is 1. The van der Waals surface area contributed by atoms with Crippen molar-refractivity contribution in [2.24, 2.45) is 0 Å². The molecule has 2 aromatic rings. The number of nitrogens with zero attached hydrogens (tertiary/aromatic N) is 2. The predicted molar refractivity (Wildman–Crippen MR) is 103 cm³/mol. The van der Waals surface area contributed by atoms with Gasteiger partial charge in [0, 0.05) is 31.7 Å². The Kier molecular flexibility index (Phi) is 5.53. The minimum atomic E-state index is -1.35. The first-order valence-electron chi connectivity index (χ1n) is 9.09. The number of benzene rings is 2. The molecule has 0 saturated carbocycles. The van der Waals surface area contributed by atoms with Gasteiger partial charge in [-0.1, -0.05) is 12.1 Å². The van der Waals surface area contributed by atoms with Crippen LogP contribution in [0.1, 0.15) is 24.2 Å². The van der Waals surface area contributed by atoms with E-state index in [9.17, 15) is 19.1 Å². The van der Waals surface area contributed by atoms with Crippen LogP contribution in [0.25, 0.3) is 0 Å². The van der Waals surface area contributed by atoms with Crippen molar-refractivity contribution in [1.82, 2.24) is 4.90 Å². The van der Waals surface area contributed by atoms with Crippen molar-refractivity contribution in [3.8, 4) is 5.75 Å². The lowest BCUT2D eigenvalue weighted by atomic mass is 10.1. The summed E-state index contributed by atoms with van der Waals surface area (Å²) in [6, 6.07) is 12.8. The second kappa shape index (κ2) is 7.88. The highest BCUT2D eigenvalue weighted by Gasteiger charge is 2.31. The van der Waals surface area contributed by atoms with Crippen molar-refractivity contribution in [3.05, 3.63) is 59.9 Å². The molecule has 1 amide bonds. The summed E-state index contributed by atoms with van der Waals surface area (Å²) in [5, 5.41) is 9.32. The number of amides is 1. The Labute approximate surface area is 163 Å². The van der Waals surface area contributed by atoms with E-state index < -0.39 is 11.6 Å². The van der Waals surface area contributed by atoms with Gasteiger partial charge in [0.15, 0.2) is 5.60 Å². The molecular weight excluding hydrogens is 363 g/mol. The van der Waals surface area contributed by atoms with Crippen LogP contribution < -0.4 is 9.64 Å². The third kappa shape index (κ3) is 4.24. The molecule has 0 aromatic heterocycles. The van der Waals surface area contributed by atoms with E-state index in [1.165, 1.54) is 38.1 Å². The number of rotatable bonds is 5. The number of carbonyl (C=O) groups is 2. The number of anilines is 1. The molecule has 7 heteroatoms. The van der Waals surface area contributed by atoms with Crippen LogP contribution in [-0.2, 0) is 4.79 Å². The molecule has 148 valence electrons. The Morgan fingerprint density at radius 2 is 1.61 bits per heavy atom. The van der Waals surface area contributed by atoms with E-state index in [2.05, 4.69) is 4.90 Å². The van der Waals surface area contributed by atoms with Gasteiger partial charge in [0.25, 0.3) is 5.91 Å². The maximum Gasteiger partial charge on any atom is 0.347 e. The number of piperazine rings is 1. The Hall–Kier alpha value is -3.09. The lowest BCUT2D eigenvalue weighted by Crippen LogP contribution is -2.49. The van der Waals surface area contributed by atoms with Gasteiger partial charge in [-0.15, -0.1) is 0 Å². The smallest absolute Gasteiger partial charge is 0.347 e. The van der Waals surface area contributed by atoms with Crippen LogP contribution in [0.15, 0.2) is 48.5 Å². The molecule has 0 bridgehead atoms. The SMILES string of the molecule is CC(C)(Oc1ccccc1N1CCN(C(=O)c2ccc(F)cc2)CC1)C(=O)O. The standard InChI is InChI=1S/C21H23FN2O4/c1-21(2,20(26)27)28-18-6-4-3-5-17(18)23-11-13-24(14-12-23)19(25)15-7-9-16(22)10-8-15/h3-10H,11-14H2,1-2H3,(H,26,27). The fourth-order valence-corrected chi connectivity index (χ4v) is 3.05. The highest BCUT2D eigenvalue weighted by atomic mass is 19.1. The topological polar surface area (TPSA) is 70.1 Å². The van der Waals surface area contributed by atoms with Crippen LogP contribution in [0.2, 0.25) is 0 Å². The Morgan fingerprint density at radius 3 is 2.21 bits per heavy atom. The summed E-state index contributed by atoms with van der Waals surface area (Å²) < 4.78 is 18.8. The molecule has 3 rings (SSSR count). The fourth-order valence-electron chi connectivity index (χ4n) is 3.05. The molecule has 0 spiro atoms. The average Bonchev–Trinajstić information content (AvgIpc) is 2.68. The Balaban J connectivity index is 1.69. The van der Waals surface area contributed by atoms with Crippen LogP contribution in [0.5, 0.6) is 5.75 Å². The number of hydrogen-bond donors (Lipinski definition) is 1. The Morgan fingerprint density at radius 1 is 1.00 bits per heavy atom. The van der Waals surface area contributed by atoms with Crippen molar-refractivity contribution in [1.29, 1.82) is 0 Å². The van der Waals surface area contributed by atoms with Gasteiger partial charge < -0.3 is 19.6 Å². The van der Waals surface area contributed by atoms with Gasteiger partial charge in [-0.25, -0.2) is 9.18 Å². The fraction of sp³-hybridized carbons (Fsp3) is 0.333. The van der Waals surface area contributed by atoms with Crippen molar-refractivity contribution < 1.29 is 23.8 Å². The number of carbonyl (C=O) groups excluding carboxylic acids is 1. The molecule has 1 heterocycles. The van der Waals surface area contributed by atoms with Crippen LogP contribution in [-0.4, -0.2) is 53.7 Å². The highest BCUT2D eigenvalue weighted by Crippen LogP contribution is 2.32. The van der Waals surface area contributed by atoms with Gasteiger partial charge in [-0.3, -0.25) is 4.79 Å². The maximum absolute atomic E-state index is 13.1. The number of carboxylic acids is 1. The molecule has 0 atom stereocenters. The lowest BCUT2D eigenvalue weighted by molar-refractivity contribution is -0.152. The zero-order valence-electron chi connectivity index (χ0n) is 15.9. The first-order valence-corrected chi connectivity index (χ1v) is 9.09. The summed E-state index contributed by atoms with van der Waals surface area (Å²) in [6.45, 7) is 5.19. The third-order valence-electron chi connectivity index (χ3n) is 4.74. The minimum Gasteiger partial charge on any atom is -0.478 e. The summed E-state index contributed by atoms with van der Waals surface area (Å²) in [6.07, 6.45) is 0. The van der Waals surface area contributed by atoms with E-state index in [0.717, 1.165) is 5.69 Å². The summed E-state index contributed by atoms with van der Waals surface area (Å²) in [4.78, 5) is 27.8. The number of halogens is 1. The van der Waals surface area contributed by atoms with Crippen LogP contribution >= 0.6 is 0 Å². The van der Waals surface area contributed by atoms with Gasteiger partial charge in [0.05, 0.1) is 5.69 Å². The number of aliphatic carboxylic acids is 1. The van der Waals surface area contributed by atoms with Crippen molar-refractivity contribution in [2.45, 2.75) is 19.4 Å². The number of para-hydroxylation sites is 2. The van der Waals surface area contributed by atoms with E-state index in [-0.39, 0.29) is 11.7 Å². The van der Waals surface area contributed by atoms with Crippen molar-refractivity contribution in [2.75, 3.05) is 31.1 Å². The molecule has 28 heavy (non-hydrogen) atoms. The molecule has 2 aromatic carbocycles. The van der Waals surface area contributed by atoms with Gasteiger partial charge in [-0.05, 0) is 50.2 Å². The Bertz CT molecular complexity index is 859. The maximum atomic E-state index is 13.1. The molecular formula is C21H23FN2O4. The zero-order chi connectivity index (χ0) is 20.3. The second-order valence-electron chi connectivity index (χ2n) is 7.17. The van der Waals surface area contributed by atoms with Gasteiger partial charge in [0.1, 0.15) is 11.6 Å². The van der Waals surface area contributed by atoms with E-state index in [4.69, 9.17) is 4.74 Å². The normalized spacial score (nSPS) is 14.7. The molecule has 1 aliphatic rings. The van der Waals surface area contributed by atoms with Crippen LogP contribution in [0, 0.1) is 5.82 Å². The third-order valence-corrected chi connectivity index (χ3v) is 4.74. The summed E-state index contributed by atoms with van der Waals surface area (Å²) in [5.74, 6) is -1.05. The van der Waals surface area contributed by atoms with Gasteiger partial charge in [-0.2, -0.15) is 0 Å². The van der Waals surface area contributed by atoms with Crippen LogP contribution in [0.4, 0.5) is 10.1 Å². The van der Waals surface area contributed by atoms with E-state index in [1.54, 1.807) is 17.0 Å². The van der Waals surface area contributed by atoms with E-state index >= 15 is 0 Å². The molecule has 6 nitrogen and oxygen atoms in total. The summed E-state index contributed by atoms with van der Waals surface area (Å²) >= 11 is 0. The quantitative estimate of drug-likeness (QED) is 0.855. The first kappa shape index (κ1) is 19.7. The second-order valence-corrected chi connectivity index (χ2v) is 7.17. The molecule has 0 aliphatic carbocycles. The van der Waals surface area contributed by atoms with Crippen molar-refractivity contribution >= 4 is 17.6 Å². The number of ether oxygens (including phenoxy) is 1. The molecule has 1 N–H and O–H groups in total. The number of hydrogen-bond acceptors (Lipinski definition) is 4. The predicted octanol–water partition coefficient (Wildman–Crippen LogP) is 3.03. The molecule has 1 fully saturated rings. The molecule has 0 radical (unpaired) electrons. The zero-order valence-corrected chi connectivity index (χ0v) is 15.9. The summed E-state index contributed by atoms with van der Waals surface area (Å²) in [7, 11) is 0. The lowest BCUT2D eigenvalue weighted by Gasteiger charge is -2.37. The van der Waals surface area contributed by atoms with Crippen molar-refractivity contribution in [3.63, 3.8) is 0 Å².